The van der Waals surface area contributed by atoms with Crippen molar-refractivity contribution in [3.8, 4) is 11.5 Å². The van der Waals surface area contributed by atoms with Gasteiger partial charge in [0.2, 0.25) is 0 Å². The molecule has 3 fully saturated rings. The SMILES string of the molecule is CCCCCCCCCCCOC(=O)Oc1ccc2c3c1OC1C(=O)CCC4(O)C(C2)N(CC2CC2)CCC314. The average molecular weight is 540 g/mol. The summed E-state index contributed by atoms with van der Waals surface area (Å²) >= 11 is 0. The quantitative estimate of drug-likeness (QED) is 0.191. The van der Waals surface area contributed by atoms with Crippen LogP contribution >= 0.6 is 0 Å². The first-order chi connectivity index (χ1) is 19.0. The highest BCUT2D eigenvalue weighted by atomic mass is 16.7. The number of unbranched alkanes of at least 4 members (excludes halogenated alkanes) is 8. The fraction of sp³-hybridized carbons (Fsp3) is 0.750. The number of carbonyl (C=O) groups excluding carboxylic acids is 2. The minimum absolute atomic E-state index is 0.0161. The Hall–Kier alpha value is -2.12. The number of nitrogens with zero attached hydrogens (tertiary/aromatic N) is 1. The molecule has 6 rings (SSSR count). The first-order valence-corrected chi connectivity index (χ1v) is 15.6. The molecule has 2 heterocycles. The Morgan fingerprint density at radius 3 is 2.56 bits per heavy atom. The second-order valence-corrected chi connectivity index (χ2v) is 12.7. The van der Waals surface area contributed by atoms with E-state index in [-0.39, 0.29) is 11.8 Å². The number of ether oxygens (including phenoxy) is 3. The van der Waals surface area contributed by atoms with Gasteiger partial charge < -0.3 is 19.3 Å². The highest BCUT2D eigenvalue weighted by molar-refractivity contribution is 5.90. The third-order valence-electron chi connectivity index (χ3n) is 10.2. The van der Waals surface area contributed by atoms with Gasteiger partial charge in [-0.25, -0.2) is 4.79 Å². The number of aliphatic hydroxyl groups is 1. The first kappa shape index (κ1) is 27.1. The standard InChI is InChI=1S/C32H45NO6/c1-2-3-4-5-6-7-8-9-10-19-37-30(35)38-25-14-13-23-20-26-32(36)16-15-24(34)29-31(32,27(23)28(25)39-29)17-18-33(26)21-22-11-12-22/h13-14,22,26,29,36H,2-12,15-21H2,1H3. The van der Waals surface area contributed by atoms with Crippen LogP contribution in [0.1, 0.15) is 108 Å². The van der Waals surface area contributed by atoms with Crippen LogP contribution in [0.4, 0.5) is 4.79 Å². The van der Waals surface area contributed by atoms with Gasteiger partial charge in [0.15, 0.2) is 23.4 Å². The lowest BCUT2D eigenvalue weighted by molar-refractivity contribution is -0.188. The minimum atomic E-state index is -1.02. The molecule has 1 aromatic rings. The highest BCUT2D eigenvalue weighted by Gasteiger charge is 2.73. The van der Waals surface area contributed by atoms with Crippen molar-refractivity contribution < 1.29 is 28.9 Å². The Morgan fingerprint density at radius 1 is 1.08 bits per heavy atom. The first-order valence-electron chi connectivity index (χ1n) is 15.6. The predicted molar refractivity (Wildman–Crippen MR) is 147 cm³/mol. The lowest BCUT2D eigenvalue weighted by Gasteiger charge is -2.62. The Labute approximate surface area is 232 Å². The average Bonchev–Trinajstić information content (AvgIpc) is 3.66. The monoisotopic (exact) mass is 539 g/mol. The number of likely N-dealkylation sites (tertiary alicyclic amines) is 1. The molecule has 0 aromatic heterocycles. The fourth-order valence-electron chi connectivity index (χ4n) is 8.02. The van der Waals surface area contributed by atoms with Gasteiger partial charge in [-0.3, -0.25) is 9.69 Å². The Balaban J connectivity index is 1.11. The van der Waals surface area contributed by atoms with Crippen LogP contribution in [0.3, 0.4) is 0 Å². The molecule has 5 aliphatic rings. The van der Waals surface area contributed by atoms with Crippen molar-refractivity contribution in [3.63, 3.8) is 0 Å². The number of ketones is 1. The van der Waals surface area contributed by atoms with E-state index >= 15 is 0 Å². The Bertz CT molecular complexity index is 1080. The van der Waals surface area contributed by atoms with Crippen LogP contribution in [0, 0.1) is 5.92 Å². The molecule has 2 bridgehead atoms. The third-order valence-corrected chi connectivity index (χ3v) is 10.2. The summed E-state index contributed by atoms with van der Waals surface area (Å²) in [5.74, 6) is 1.53. The van der Waals surface area contributed by atoms with Crippen LogP contribution in [0.25, 0.3) is 0 Å². The van der Waals surface area contributed by atoms with Crippen molar-refractivity contribution >= 4 is 11.9 Å². The van der Waals surface area contributed by atoms with Gasteiger partial charge >= 0.3 is 6.16 Å². The zero-order valence-electron chi connectivity index (χ0n) is 23.6. The van der Waals surface area contributed by atoms with Crippen LogP contribution < -0.4 is 9.47 Å². The van der Waals surface area contributed by atoms with Crippen LogP contribution in [-0.2, 0) is 21.4 Å². The van der Waals surface area contributed by atoms with Gasteiger partial charge in [-0.2, -0.15) is 0 Å². The van der Waals surface area contributed by atoms with E-state index in [9.17, 15) is 14.7 Å². The number of benzene rings is 1. The smallest absolute Gasteiger partial charge is 0.477 e. The number of rotatable bonds is 13. The van der Waals surface area contributed by atoms with Crippen LogP contribution in [-0.4, -0.2) is 59.4 Å². The van der Waals surface area contributed by atoms with Gasteiger partial charge in [-0.15, -0.1) is 0 Å². The molecule has 3 aliphatic carbocycles. The van der Waals surface area contributed by atoms with E-state index in [2.05, 4.69) is 11.8 Å². The van der Waals surface area contributed by atoms with Gasteiger partial charge in [0.25, 0.3) is 0 Å². The van der Waals surface area contributed by atoms with Crippen molar-refractivity contribution in [1.29, 1.82) is 0 Å². The molecule has 1 aromatic carbocycles. The Kier molecular flexibility index (Phi) is 7.66. The number of piperidine rings is 1. The molecule has 2 aliphatic heterocycles. The maximum absolute atomic E-state index is 13.2. The van der Waals surface area contributed by atoms with Crippen molar-refractivity contribution in [2.45, 2.75) is 126 Å². The zero-order chi connectivity index (χ0) is 27.0. The molecule has 1 saturated heterocycles. The summed E-state index contributed by atoms with van der Waals surface area (Å²) < 4.78 is 17.4. The minimum Gasteiger partial charge on any atom is -0.477 e. The summed E-state index contributed by atoms with van der Waals surface area (Å²) in [6, 6.07) is 3.76. The highest BCUT2D eigenvalue weighted by Crippen LogP contribution is 2.65. The molecule has 1 N–H and O–H groups in total. The number of hydrogen-bond acceptors (Lipinski definition) is 7. The summed E-state index contributed by atoms with van der Waals surface area (Å²) in [7, 11) is 0. The van der Waals surface area contributed by atoms with Crippen molar-refractivity contribution in [2.24, 2.45) is 5.92 Å². The van der Waals surface area contributed by atoms with Crippen LogP contribution in [0.15, 0.2) is 12.1 Å². The maximum atomic E-state index is 13.2. The topological polar surface area (TPSA) is 85.3 Å². The molecule has 4 unspecified atom stereocenters. The molecule has 0 radical (unpaired) electrons. The molecule has 39 heavy (non-hydrogen) atoms. The number of Topliss-reactive ketones (excluding diaryl/α,β-unsaturated/α-hetero) is 1. The van der Waals surface area contributed by atoms with E-state index in [0.29, 0.717) is 37.4 Å². The number of hydrogen-bond donors (Lipinski definition) is 1. The second-order valence-electron chi connectivity index (χ2n) is 12.7. The molecule has 2 saturated carbocycles. The molecule has 7 nitrogen and oxygen atoms in total. The normalized spacial score (nSPS) is 30.6. The largest absolute Gasteiger partial charge is 0.513 e. The lowest BCUT2D eigenvalue weighted by atomic mass is 9.49. The third kappa shape index (κ3) is 4.77. The Morgan fingerprint density at radius 2 is 1.82 bits per heavy atom. The summed E-state index contributed by atoms with van der Waals surface area (Å²) in [6.07, 6.45) is 14.0. The van der Waals surface area contributed by atoms with E-state index in [0.717, 1.165) is 55.8 Å². The van der Waals surface area contributed by atoms with E-state index < -0.39 is 23.3 Å². The summed E-state index contributed by atoms with van der Waals surface area (Å²) in [5, 5.41) is 12.4. The molecule has 0 amide bonds. The molecular formula is C32H45NO6. The maximum Gasteiger partial charge on any atom is 0.513 e. The van der Waals surface area contributed by atoms with Crippen LogP contribution in [0.2, 0.25) is 0 Å². The summed E-state index contributed by atoms with van der Waals surface area (Å²) in [4.78, 5) is 28.3. The van der Waals surface area contributed by atoms with Gasteiger partial charge in [0.05, 0.1) is 17.6 Å². The predicted octanol–water partition coefficient (Wildman–Crippen LogP) is 5.87. The molecule has 7 heteroatoms. The molecule has 4 atom stereocenters. The lowest BCUT2D eigenvalue weighted by Crippen LogP contribution is -2.76. The summed E-state index contributed by atoms with van der Waals surface area (Å²) in [6.45, 7) is 4.44. The van der Waals surface area contributed by atoms with E-state index in [1.165, 1.54) is 51.4 Å². The van der Waals surface area contributed by atoms with Gasteiger partial charge in [-0.1, -0.05) is 64.4 Å². The van der Waals surface area contributed by atoms with Gasteiger partial charge in [-0.05, 0) is 62.6 Å². The van der Waals surface area contributed by atoms with Crippen molar-refractivity contribution in [1.82, 2.24) is 4.90 Å². The summed E-state index contributed by atoms with van der Waals surface area (Å²) in [5.41, 5.74) is 0.212. The van der Waals surface area contributed by atoms with Gasteiger partial charge in [0.1, 0.15) is 0 Å². The van der Waals surface area contributed by atoms with E-state index in [1.807, 2.05) is 6.07 Å². The zero-order valence-corrected chi connectivity index (χ0v) is 23.6. The molecular weight excluding hydrogens is 494 g/mol. The van der Waals surface area contributed by atoms with Crippen molar-refractivity contribution in [3.05, 3.63) is 23.3 Å². The molecule has 214 valence electrons. The second kappa shape index (κ2) is 11.0. The van der Waals surface area contributed by atoms with Crippen molar-refractivity contribution in [2.75, 3.05) is 19.7 Å². The van der Waals surface area contributed by atoms with Gasteiger partial charge in [0, 0.05) is 24.6 Å². The van der Waals surface area contributed by atoms with E-state index in [1.54, 1.807) is 6.07 Å². The number of carbonyl (C=O) groups is 2. The molecule has 1 spiro atoms. The van der Waals surface area contributed by atoms with E-state index in [4.69, 9.17) is 14.2 Å². The van der Waals surface area contributed by atoms with Crippen LogP contribution in [0.5, 0.6) is 11.5 Å². The fourth-order valence-corrected chi connectivity index (χ4v) is 8.02.